The van der Waals surface area contributed by atoms with Gasteiger partial charge in [-0.25, -0.2) is 0 Å². The summed E-state index contributed by atoms with van der Waals surface area (Å²) in [5, 5.41) is 4.09. The van der Waals surface area contributed by atoms with Crippen molar-refractivity contribution in [1.82, 2.24) is 15.0 Å². The first-order valence-electron chi connectivity index (χ1n) is 7.85. The van der Waals surface area contributed by atoms with Gasteiger partial charge in [-0.05, 0) is 19.8 Å². The van der Waals surface area contributed by atoms with Gasteiger partial charge in [0.15, 0.2) is 0 Å². The second-order valence-corrected chi connectivity index (χ2v) is 5.83. The van der Waals surface area contributed by atoms with E-state index in [1.54, 1.807) is 0 Å². The van der Waals surface area contributed by atoms with Crippen molar-refractivity contribution in [2.75, 3.05) is 13.1 Å². The van der Waals surface area contributed by atoms with Gasteiger partial charge in [0.25, 0.3) is 0 Å². The largest absolute Gasteiger partial charge is 0.343 e. The Kier molecular flexibility index (Phi) is 4.22. The van der Waals surface area contributed by atoms with Gasteiger partial charge in [0.2, 0.25) is 17.6 Å². The second kappa shape index (κ2) is 6.30. The zero-order chi connectivity index (χ0) is 15.5. The molecule has 0 spiro atoms. The van der Waals surface area contributed by atoms with E-state index in [0.717, 1.165) is 31.5 Å². The molecular formula is C17H21N3O2. The first-order valence-corrected chi connectivity index (χ1v) is 7.85. The molecule has 0 aliphatic carbocycles. The van der Waals surface area contributed by atoms with Crippen LogP contribution in [0.15, 0.2) is 28.8 Å². The molecular weight excluding hydrogens is 278 g/mol. The van der Waals surface area contributed by atoms with Crippen LogP contribution in [0, 0.1) is 6.92 Å². The molecule has 0 atom stereocenters. The molecule has 2 heterocycles. The third-order valence-corrected chi connectivity index (χ3v) is 4.25. The fraction of sp³-hybridized carbons (Fsp3) is 0.471. The summed E-state index contributed by atoms with van der Waals surface area (Å²) in [7, 11) is 0. The van der Waals surface area contributed by atoms with E-state index in [-0.39, 0.29) is 11.8 Å². The number of likely N-dealkylation sites (tertiary alicyclic amines) is 1. The van der Waals surface area contributed by atoms with Crippen LogP contribution in [0.1, 0.15) is 43.6 Å². The van der Waals surface area contributed by atoms with E-state index in [9.17, 15) is 4.79 Å². The van der Waals surface area contributed by atoms with Gasteiger partial charge in [0.1, 0.15) is 0 Å². The van der Waals surface area contributed by atoms with Crippen molar-refractivity contribution in [2.45, 2.75) is 39.0 Å². The van der Waals surface area contributed by atoms with Gasteiger partial charge >= 0.3 is 0 Å². The lowest BCUT2D eigenvalue weighted by Gasteiger charge is -2.30. The molecule has 3 rings (SSSR count). The van der Waals surface area contributed by atoms with Crippen LogP contribution in [0.3, 0.4) is 0 Å². The lowest BCUT2D eigenvalue weighted by molar-refractivity contribution is -0.131. The normalized spacial score (nSPS) is 16.0. The molecule has 1 aliphatic heterocycles. The number of piperidine rings is 1. The summed E-state index contributed by atoms with van der Waals surface area (Å²) >= 11 is 0. The molecule has 1 aliphatic rings. The standard InChI is InChI=1S/C17H21N3O2/c1-3-15(21)20-10-8-14(9-11-20)17-18-16(19-22-17)13-6-4-12(2)5-7-13/h4-7,14H,3,8-11H2,1-2H3. The van der Waals surface area contributed by atoms with E-state index in [1.807, 2.05) is 36.1 Å². The van der Waals surface area contributed by atoms with Crippen molar-refractivity contribution < 1.29 is 9.32 Å². The molecule has 0 N–H and O–H groups in total. The summed E-state index contributed by atoms with van der Waals surface area (Å²) in [6, 6.07) is 8.10. The van der Waals surface area contributed by atoms with Crippen molar-refractivity contribution in [1.29, 1.82) is 0 Å². The van der Waals surface area contributed by atoms with E-state index in [0.29, 0.717) is 18.1 Å². The number of benzene rings is 1. The van der Waals surface area contributed by atoms with Crippen molar-refractivity contribution in [3.05, 3.63) is 35.7 Å². The van der Waals surface area contributed by atoms with Gasteiger partial charge < -0.3 is 9.42 Å². The Hall–Kier alpha value is -2.17. The molecule has 5 heteroatoms. The van der Waals surface area contributed by atoms with Gasteiger partial charge in [0.05, 0.1) is 0 Å². The first kappa shape index (κ1) is 14.8. The smallest absolute Gasteiger partial charge is 0.230 e. The molecule has 1 aromatic carbocycles. The Bertz CT molecular complexity index is 640. The predicted octanol–water partition coefficient (Wildman–Crippen LogP) is 3.16. The summed E-state index contributed by atoms with van der Waals surface area (Å²) in [6.07, 6.45) is 2.35. The summed E-state index contributed by atoms with van der Waals surface area (Å²) in [6.45, 7) is 5.51. The van der Waals surface area contributed by atoms with Crippen molar-refractivity contribution in [2.24, 2.45) is 0 Å². The SMILES string of the molecule is CCC(=O)N1CCC(c2nc(-c3ccc(C)cc3)no2)CC1. The van der Waals surface area contributed by atoms with Gasteiger partial charge in [-0.2, -0.15) is 4.98 Å². The van der Waals surface area contributed by atoms with Crippen molar-refractivity contribution in [3.8, 4) is 11.4 Å². The number of aryl methyl sites for hydroxylation is 1. The molecule has 2 aromatic rings. The molecule has 116 valence electrons. The number of amides is 1. The number of hydrogen-bond acceptors (Lipinski definition) is 4. The molecule has 22 heavy (non-hydrogen) atoms. The minimum Gasteiger partial charge on any atom is -0.343 e. The van der Waals surface area contributed by atoms with Crippen LogP contribution < -0.4 is 0 Å². The maximum absolute atomic E-state index is 11.7. The van der Waals surface area contributed by atoms with E-state index in [2.05, 4.69) is 17.1 Å². The molecule has 0 saturated carbocycles. The molecule has 1 aromatic heterocycles. The third-order valence-electron chi connectivity index (χ3n) is 4.25. The number of carbonyl (C=O) groups excluding carboxylic acids is 1. The quantitative estimate of drug-likeness (QED) is 0.873. The molecule has 1 saturated heterocycles. The zero-order valence-electron chi connectivity index (χ0n) is 13.1. The maximum Gasteiger partial charge on any atom is 0.230 e. The number of rotatable bonds is 3. The summed E-state index contributed by atoms with van der Waals surface area (Å²) in [5.41, 5.74) is 2.18. The van der Waals surface area contributed by atoms with Crippen LogP contribution >= 0.6 is 0 Å². The van der Waals surface area contributed by atoms with E-state index < -0.39 is 0 Å². The Labute approximate surface area is 130 Å². The minimum atomic E-state index is 0.226. The highest BCUT2D eigenvalue weighted by Crippen LogP contribution is 2.28. The summed E-state index contributed by atoms with van der Waals surface area (Å²) in [4.78, 5) is 18.2. The highest BCUT2D eigenvalue weighted by Gasteiger charge is 2.26. The van der Waals surface area contributed by atoms with Gasteiger partial charge in [0, 0.05) is 31.0 Å². The molecule has 0 radical (unpaired) electrons. The van der Waals surface area contributed by atoms with Crippen LogP contribution in [0.25, 0.3) is 11.4 Å². The highest BCUT2D eigenvalue weighted by molar-refractivity contribution is 5.75. The number of nitrogens with zero attached hydrogens (tertiary/aromatic N) is 3. The number of carbonyl (C=O) groups is 1. The van der Waals surface area contributed by atoms with E-state index in [4.69, 9.17) is 4.52 Å². The Morgan fingerprint density at radius 3 is 2.59 bits per heavy atom. The van der Waals surface area contributed by atoms with Crippen LogP contribution in [0.4, 0.5) is 0 Å². The predicted molar refractivity (Wildman–Crippen MR) is 83.3 cm³/mol. The zero-order valence-corrected chi connectivity index (χ0v) is 13.1. The van der Waals surface area contributed by atoms with Crippen LogP contribution in [-0.4, -0.2) is 34.0 Å². The lowest BCUT2D eigenvalue weighted by atomic mass is 9.96. The minimum absolute atomic E-state index is 0.226. The van der Waals surface area contributed by atoms with E-state index in [1.165, 1.54) is 5.56 Å². The molecule has 0 unspecified atom stereocenters. The van der Waals surface area contributed by atoms with Crippen LogP contribution in [0.2, 0.25) is 0 Å². The summed E-state index contributed by atoms with van der Waals surface area (Å²) < 4.78 is 5.45. The van der Waals surface area contributed by atoms with Crippen LogP contribution in [-0.2, 0) is 4.79 Å². The topological polar surface area (TPSA) is 59.2 Å². The first-order chi connectivity index (χ1) is 10.7. The average molecular weight is 299 g/mol. The summed E-state index contributed by atoms with van der Waals surface area (Å²) in [5.74, 6) is 1.82. The fourth-order valence-electron chi connectivity index (χ4n) is 2.82. The van der Waals surface area contributed by atoms with Crippen LogP contribution in [0.5, 0.6) is 0 Å². The Morgan fingerprint density at radius 2 is 1.95 bits per heavy atom. The van der Waals surface area contributed by atoms with Gasteiger partial charge in [-0.3, -0.25) is 4.79 Å². The highest BCUT2D eigenvalue weighted by atomic mass is 16.5. The Morgan fingerprint density at radius 1 is 1.27 bits per heavy atom. The number of hydrogen-bond donors (Lipinski definition) is 0. The average Bonchev–Trinajstić information content (AvgIpc) is 3.05. The molecule has 0 bridgehead atoms. The number of aromatic nitrogens is 2. The van der Waals surface area contributed by atoms with Gasteiger partial charge in [-0.1, -0.05) is 41.9 Å². The molecule has 5 nitrogen and oxygen atoms in total. The van der Waals surface area contributed by atoms with Crippen molar-refractivity contribution >= 4 is 5.91 Å². The fourth-order valence-corrected chi connectivity index (χ4v) is 2.82. The van der Waals surface area contributed by atoms with E-state index >= 15 is 0 Å². The lowest BCUT2D eigenvalue weighted by Crippen LogP contribution is -2.37. The molecule has 1 amide bonds. The van der Waals surface area contributed by atoms with Gasteiger partial charge in [-0.15, -0.1) is 0 Å². The third kappa shape index (κ3) is 3.03. The second-order valence-electron chi connectivity index (χ2n) is 5.83. The Balaban J connectivity index is 1.67. The molecule has 1 fully saturated rings. The maximum atomic E-state index is 11.7. The van der Waals surface area contributed by atoms with Crippen molar-refractivity contribution in [3.63, 3.8) is 0 Å². The monoisotopic (exact) mass is 299 g/mol.